The molecule has 0 aromatic rings. The highest BCUT2D eigenvalue weighted by Crippen LogP contribution is 1.96. The molecule has 0 aromatic carbocycles. The average molecular weight is 143 g/mol. The van der Waals surface area contributed by atoms with Crippen LogP contribution in [0.1, 0.15) is 13.8 Å². The summed E-state index contributed by atoms with van der Waals surface area (Å²) in [4.78, 5) is 13.2. The van der Waals surface area contributed by atoms with Crippen LogP contribution in [0.3, 0.4) is 0 Å². The summed E-state index contributed by atoms with van der Waals surface area (Å²) >= 11 is 0. The fraction of sp³-hybridized carbons (Fsp3) is 0.833. The summed E-state index contributed by atoms with van der Waals surface area (Å²) in [5.41, 5.74) is 0. The summed E-state index contributed by atoms with van der Waals surface area (Å²) in [6.07, 6.45) is 2.36. The van der Waals surface area contributed by atoms with Gasteiger partial charge in [-0.3, -0.25) is 0 Å². The van der Waals surface area contributed by atoms with Gasteiger partial charge in [-0.05, 0) is 0 Å². The maximum absolute atomic E-state index is 9.67. The number of rotatable bonds is 4. The molecule has 0 saturated heterocycles. The molecule has 0 fully saturated rings. The standard InChI is InChI=1S/C6H13NOSi/c1-3-9(4-2)6-7-5-8/h9H,3-4,6H2,1-2H3. The number of hydrogen-bond acceptors (Lipinski definition) is 2. The van der Waals surface area contributed by atoms with E-state index < -0.39 is 8.80 Å². The van der Waals surface area contributed by atoms with E-state index in [0.717, 1.165) is 6.17 Å². The number of aliphatic imine (C=N–C) groups is 1. The average Bonchev–Trinajstić information content (AvgIpc) is 1.91. The van der Waals surface area contributed by atoms with E-state index in [1.165, 1.54) is 12.1 Å². The fourth-order valence-electron chi connectivity index (χ4n) is 0.713. The highest BCUT2D eigenvalue weighted by atomic mass is 28.3. The maximum Gasteiger partial charge on any atom is 0.234 e. The second kappa shape index (κ2) is 5.73. The van der Waals surface area contributed by atoms with Gasteiger partial charge in [0.05, 0.1) is 8.80 Å². The molecule has 52 valence electrons. The van der Waals surface area contributed by atoms with Gasteiger partial charge in [0.1, 0.15) is 0 Å². The van der Waals surface area contributed by atoms with Gasteiger partial charge in [-0.25, -0.2) is 9.79 Å². The molecule has 3 heteroatoms. The van der Waals surface area contributed by atoms with Crippen molar-refractivity contribution in [2.75, 3.05) is 6.17 Å². The van der Waals surface area contributed by atoms with E-state index in [9.17, 15) is 4.79 Å². The second-order valence-electron chi connectivity index (χ2n) is 2.11. The minimum atomic E-state index is -0.639. The molecule has 0 N–H and O–H groups in total. The van der Waals surface area contributed by atoms with E-state index in [4.69, 9.17) is 0 Å². The van der Waals surface area contributed by atoms with Gasteiger partial charge >= 0.3 is 0 Å². The van der Waals surface area contributed by atoms with Gasteiger partial charge in [0.2, 0.25) is 6.08 Å². The molecule has 0 heterocycles. The zero-order valence-corrected chi connectivity index (χ0v) is 7.21. The molecule has 0 aliphatic heterocycles. The van der Waals surface area contributed by atoms with Crippen LogP contribution >= 0.6 is 0 Å². The molecule has 2 nitrogen and oxygen atoms in total. The molecule has 0 saturated carbocycles. The lowest BCUT2D eigenvalue weighted by atomic mass is 10.9. The second-order valence-corrected chi connectivity index (χ2v) is 5.84. The van der Waals surface area contributed by atoms with Gasteiger partial charge < -0.3 is 0 Å². The van der Waals surface area contributed by atoms with Gasteiger partial charge in [0.15, 0.2) is 0 Å². The summed E-state index contributed by atoms with van der Waals surface area (Å²) < 4.78 is 0. The van der Waals surface area contributed by atoms with Gasteiger partial charge in [0.25, 0.3) is 0 Å². The molecule has 0 aliphatic carbocycles. The minimum Gasteiger partial charge on any atom is -0.211 e. The molecule has 9 heavy (non-hydrogen) atoms. The van der Waals surface area contributed by atoms with Gasteiger partial charge in [-0.2, -0.15) is 0 Å². The molecule has 0 rings (SSSR count). The molecule has 0 aliphatic rings. The van der Waals surface area contributed by atoms with E-state index in [0.29, 0.717) is 0 Å². The Morgan fingerprint density at radius 3 is 2.33 bits per heavy atom. The van der Waals surface area contributed by atoms with Crippen LogP contribution in [0.15, 0.2) is 4.99 Å². The van der Waals surface area contributed by atoms with Crippen molar-refractivity contribution in [1.82, 2.24) is 0 Å². The number of nitrogens with zero attached hydrogens (tertiary/aromatic N) is 1. The molecular weight excluding hydrogens is 130 g/mol. The Labute approximate surface area is 57.6 Å². The quantitative estimate of drug-likeness (QED) is 0.329. The molecular formula is C6H13NOSi. The zero-order valence-electron chi connectivity index (χ0n) is 6.05. The van der Waals surface area contributed by atoms with Crippen LogP contribution in [-0.4, -0.2) is 21.0 Å². The van der Waals surface area contributed by atoms with Gasteiger partial charge in [-0.1, -0.05) is 25.9 Å². The summed E-state index contributed by atoms with van der Waals surface area (Å²) in [5.74, 6) is 0. The summed E-state index contributed by atoms with van der Waals surface area (Å²) in [6, 6.07) is 2.48. The smallest absolute Gasteiger partial charge is 0.211 e. The summed E-state index contributed by atoms with van der Waals surface area (Å²) in [6.45, 7) is 4.33. The van der Waals surface area contributed by atoms with Crippen LogP contribution in [0.4, 0.5) is 0 Å². The Morgan fingerprint density at radius 2 is 2.00 bits per heavy atom. The van der Waals surface area contributed by atoms with E-state index in [2.05, 4.69) is 18.8 Å². The highest BCUT2D eigenvalue weighted by molar-refractivity contribution is 6.58. The van der Waals surface area contributed by atoms with Crippen LogP contribution in [0, 0.1) is 0 Å². The van der Waals surface area contributed by atoms with E-state index in [1.54, 1.807) is 6.08 Å². The lowest BCUT2D eigenvalue weighted by molar-refractivity contribution is 0.564. The third-order valence-electron chi connectivity index (χ3n) is 1.57. The Kier molecular flexibility index (Phi) is 5.47. The fourth-order valence-corrected chi connectivity index (χ4v) is 2.14. The van der Waals surface area contributed by atoms with Crippen LogP contribution in [0.25, 0.3) is 0 Å². The van der Waals surface area contributed by atoms with E-state index in [1.807, 2.05) is 0 Å². The Bertz CT molecular complexity index is 106. The minimum absolute atomic E-state index is 0.639. The van der Waals surface area contributed by atoms with Crippen LogP contribution in [0.5, 0.6) is 0 Å². The van der Waals surface area contributed by atoms with Crippen molar-refractivity contribution in [3.63, 3.8) is 0 Å². The normalized spacial score (nSPS) is 9.22. The first kappa shape index (κ1) is 8.60. The molecule has 0 atom stereocenters. The Balaban J connectivity index is 3.42. The molecule has 0 radical (unpaired) electrons. The molecule has 0 bridgehead atoms. The third-order valence-corrected chi connectivity index (χ3v) is 4.58. The van der Waals surface area contributed by atoms with Crippen molar-refractivity contribution < 1.29 is 4.79 Å². The van der Waals surface area contributed by atoms with Crippen LogP contribution < -0.4 is 0 Å². The predicted octanol–water partition coefficient (Wildman–Crippen LogP) is 1.13. The largest absolute Gasteiger partial charge is 0.234 e. The molecule has 0 spiro atoms. The van der Waals surface area contributed by atoms with Gasteiger partial charge in [-0.15, -0.1) is 0 Å². The topological polar surface area (TPSA) is 29.4 Å². The Hall–Kier alpha value is -0.403. The van der Waals surface area contributed by atoms with Crippen molar-refractivity contribution >= 4 is 14.9 Å². The first-order valence-electron chi connectivity index (χ1n) is 3.38. The molecule has 0 aromatic heterocycles. The Morgan fingerprint density at radius 1 is 1.44 bits per heavy atom. The third kappa shape index (κ3) is 4.12. The number of carbonyl (C=O) groups excluding carboxylic acids is 1. The van der Waals surface area contributed by atoms with Crippen molar-refractivity contribution in [2.24, 2.45) is 4.99 Å². The van der Waals surface area contributed by atoms with Gasteiger partial charge in [0, 0.05) is 6.17 Å². The van der Waals surface area contributed by atoms with Crippen molar-refractivity contribution in [3.05, 3.63) is 0 Å². The summed E-state index contributed by atoms with van der Waals surface area (Å²) in [5, 5.41) is 0. The van der Waals surface area contributed by atoms with Crippen LogP contribution in [0.2, 0.25) is 12.1 Å². The lowest BCUT2D eigenvalue weighted by Crippen LogP contribution is -2.13. The first-order valence-corrected chi connectivity index (χ1v) is 5.83. The van der Waals surface area contributed by atoms with E-state index in [-0.39, 0.29) is 0 Å². The number of hydrogen-bond donors (Lipinski definition) is 0. The molecule has 0 amide bonds. The predicted molar refractivity (Wildman–Crippen MR) is 41.1 cm³/mol. The highest BCUT2D eigenvalue weighted by Gasteiger charge is 2.02. The van der Waals surface area contributed by atoms with Crippen molar-refractivity contribution in [1.29, 1.82) is 0 Å². The first-order chi connectivity index (χ1) is 4.35. The summed E-state index contributed by atoms with van der Waals surface area (Å²) in [7, 11) is -0.639. The van der Waals surface area contributed by atoms with E-state index >= 15 is 0 Å². The van der Waals surface area contributed by atoms with Crippen molar-refractivity contribution in [2.45, 2.75) is 25.9 Å². The van der Waals surface area contributed by atoms with Crippen molar-refractivity contribution in [3.8, 4) is 0 Å². The lowest BCUT2D eigenvalue weighted by Gasteiger charge is -2.02. The number of isocyanates is 1. The molecule has 0 unspecified atom stereocenters. The van der Waals surface area contributed by atoms with Crippen LogP contribution in [-0.2, 0) is 4.79 Å². The SMILES string of the molecule is CC[SiH](CC)CN=C=O. The zero-order chi connectivity index (χ0) is 7.11. The monoisotopic (exact) mass is 143 g/mol. The maximum atomic E-state index is 9.67.